The molecular weight excluding hydrogens is 435 g/mol. The predicted octanol–water partition coefficient (Wildman–Crippen LogP) is 4.45. The van der Waals surface area contributed by atoms with Gasteiger partial charge in [0.15, 0.2) is 0 Å². The van der Waals surface area contributed by atoms with E-state index >= 15 is 0 Å². The van der Waals surface area contributed by atoms with Gasteiger partial charge in [0.05, 0.1) is 5.69 Å². The van der Waals surface area contributed by atoms with E-state index in [0.717, 1.165) is 27.8 Å². The molecule has 0 saturated heterocycles. The normalized spacial score (nSPS) is 11.8. The van der Waals surface area contributed by atoms with Crippen LogP contribution in [0.4, 0.5) is 15.0 Å². The van der Waals surface area contributed by atoms with Crippen LogP contribution in [-0.4, -0.2) is 33.4 Å². The van der Waals surface area contributed by atoms with Crippen LogP contribution < -0.4 is 16.4 Å². The lowest BCUT2D eigenvalue weighted by molar-refractivity contribution is -0.119. The summed E-state index contributed by atoms with van der Waals surface area (Å²) in [6.07, 6.45) is 4.66. The lowest BCUT2D eigenvalue weighted by Gasteiger charge is -2.12. The van der Waals surface area contributed by atoms with Crippen molar-refractivity contribution in [1.82, 2.24) is 20.3 Å². The zero-order valence-electron chi connectivity index (χ0n) is 18.6. The molecule has 0 spiro atoms. The number of aromatic amines is 1. The van der Waals surface area contributed by atoms with Crippen LogP contribution in [0.15, 0.2) is 60.9 Å². The summed E-state index contributed by atoms with van der Waals surface area (Å²) in [5.74, 6) is -0.315. The first-order valence-electron chi connectivity index (χ1n) is 11.0. The maximum absolute atomic E-state index is 13.5. The summed E-state index contributed by atoms with van der Waals surface area (Å²) in [5.41, 5.74) is 9.13. The van der Waals surface area contributed by atoms with Gasteiger partial charge in [-0.1, -0.05) is 6.92 Å². The Labute approximate surface area is 195 Å². The van der Waals surface area contributed by atoms with Gasteiger partial charge in [0.2, 0.25) is 5.91 Å². The number of hydrogen-bond donors (Lipinski definition) is 4. The number of carbonyl (C=O) groups excluding carboxylic acids is 2. The van der Waals surface area contributed by atoms with E-state index < -0.39 is 6.03 Å². The Morgan fingerprint density at radius 3 is 2.50 bits per heavy atom. The number of halogens is 1. The third-order valence-corrected chi connectivity index (χ3v) is 5.57. The summed E-state index contributed by atoms with van der Waals surface area (Å²) >= 11 is 0. The maximum atomic E-state index is 13.5. The number of nitrogens with zero attached hydrogens (tertiary/aromatic N) is 2. The standard InChI is InChI=1S/C25H25FN6O2/c1-15(3-2-12-29-25(27)34)24(33)31-20-9-8-19-21(16-10-13-28-14-11-16)22(32-23(19)30-20)17-4-6-18(26)7-5-17/h4-11,13-15H,2-3,12H2,1H3,(H3,27,29,34)(H2,30,31,32,33)/t15-/m0/s1. The predicted molar refractivity (Wildman–Crippen MR) is 129 cm³/mol. The minimum absolute atomic E-state index is 0.161. The van der Waals surface area contributed by atoms with Crippen LogP contribution in [-0.2, 0) is 4.79 Å². The molecule has 0 aliphatic rings. The number of anilines is 1. The molecule has 0 aliphatic heterocycles. The fourth-order valence-electron chi connectivity index (χ4n) is 3.79. The molecule has 3 amide bonds. The quantitative estimate of drug-likeness (QED) is 0.290. The third kappa shape index (κ3) is 5.20. The van der Waals surface area contributed by atoms with E-state index in [2.05, 4.69) is 25.6 Å². The Bertz CT molecular complexity index is 1300. The molecule has 9 heteroatoms. The fourth-order valence-corrected chi connectivity index (χ4v) is 3.79. The van der Waals surface area contributed by atoms with Crippen LogP contribution in [0, 0.1) is 11.7 Å². The van der Waals surface area contributed by atoms with Gasteiger partial charge in [-0.15, -0.1) is 0 Å². The number of primary amides is 1. The highest BCUT2D eigenvalue weighted by atomic mass is 19.1. The monoisotopic (exact) mass is 460 g/mol. The van der Waals surface area contributed by atoms with E-state index in [1.54, 1.807) is 30.6 Å². The van der Waals surface area contributed by atoms with Crippen LogP contribution in [0.3, 0.4) is 0 Å². The van der Waals surface area contributed by atoms with Crippen molar-refractivity contribution in [1.29, 1.82) is 0 Å². The van der Waals surface area contributed by atoms with Gasteiger partial charge in [0, 0.05) is 35.8 Å². The molecule has 0 aliphatic carbocycles. The number of amides is 3. The molecule has 3 aromatic heterocycles. The Morgan fingerprint density at radius 2 is 1.79 bits per heavy atom. The van der Waals surface area contributed by atoms with Crippen molar-refractivity contribution in [2.45, 2.75) is 19.8 Å². The van der Waals surface area contributed by atoms with Crippen molar-refractivity contribution in [2.24, 2.45) is 11.7 Å². The van der Waals surface area contributed by atoms with Crippen LogP contribution >= 0.6 is 0 Å². The van der Waals surface area contributed by atoms with Gasteiger partial charge in [0.25, 0.3) is 0 Å². The summed E-state index contributed by atoms with van der Waals surface area (Å²) in [6.45, 7) is 2.24. The number of pyridine rings is 2. The Hall–Kier alpha value is -4.27. The van der Waals surface area contributed by atoms with E-state index in [9.17, 15) is 14.0 Å². The van der Waals surface area contributed by atoms with Crippen molar-refractivity contribution >= 4 is 28.8 Å². The summed E-state index contributed by atoms with van der Waals surface area (Å²) in [5, 5.41) is 6.24. The van der Waals surface area contributed by atoms with Crippen LogP contribution in [0.5, 0.6) is 0 Å². The van der Waals surface area contributed by atoms with Gasteiger partial charge in [0.1, 0.15) is 17.3 Å². The molecule has 4 rings (SSSR count). The molecule has 0 bridgehead atoms. The van der Waals surface area contributed by atoms with Crippen molar-refractivity contribution < 1.29 is 14.0 Å². The average Bonchev–Trinajstić information content (AvgIpc) is 3.21. The molecule has 0 saturated carbocycles. The molecule has 34 heavy (non-hydrogen) atoms. The Kier molecular flexibility index (Phi) is 6.82. The molecule has 4 aromatic rings. The number of carbonyl (C=O) groups is 2. The zero-order chi connectivity index (χ0) is 24.1. The highest BCUT2D eigenvalue weighted by Crippen LogP contribution is 2.38. The molecule has 174 valence electrons. The molecule has 0 fully saturated rings. The highest BCUT2D eigenvalue weighted by Gasteiger charge is 2.18. The number of aromatic nitrogens is 3. The molecule has 3 heterocycles. The van der Waals surface area contributed by atoms with Gasteiger partial charge in [-0.05, 0) is 72.5 Å². The molecule has 5 N–H and O–H groups in total. The Balaban J connectivity index is 1.61. The number of nitrogens with two attached hydrogens (primary N) is 1. The number of hydrogen-bond acceptors (Lipinski definition) is 4. The van der Waals surface area contributed by atoms with E-state index in [0.29, 0.717) is 30.9 Å². The second kappa shape index (κ2) is 10.1. The van der Waals surface area contributed by atoms with Crippen LogP contribution in [0.2, 0.25) is 0 Å². The van der Waals surface area contributed by atoms with E-state index in [1.165, 1.54) is 12.1 Å². The van der Waals surface area contributed by atoms with Crippen molar-refractivity contribution in [3.05, 3.63) is 66.7 Å². The number of fused-ring (bicyclic) bond motifs is 1. The minimum atomic E-state index is -0.577. The van der Waals surface area contributed by atoms with E-state index in [4.69, 9.17) is 5.73 Å². The third-order valence-electron chi connectivity index (χ3n) is 5.57. The first kappa shape index (κ1) is 22.9. The number of urea groups is 1. The molecule has 0 radical (unpaired) electrons. The smallest absolute Gasteiger partial charge is 0.312 e. The van der Waals surface area contributed by atoms with Crippen molar-refractivity contribution in [3.63, 3.8) is 0 Å². The van der Waals surface area contributed by atoms with Crippen LogP contribution in [0.25, 0.3) is 33.4 Å². The molecule has 1 atom stereocenters. The second-order valence-electron chi connectivity index (χ2n) is 8.03. The molecule has 0 unspecified atom stereocenters. The zero-order valence-corrected chi connectivity index (χ0v) is 18.6. The van der Waals surface area contributed by atoms with Gasteiger partial charge in [-0.2, -0.15) is 0 Å². The first-order chi connectivity index (χ1) is 16.4. The van der Waals surface area contributed by atoms with Gasteiger partial charge in [-0.3, -0.25) is 9.78 Å². The minimum Gasteiger partial charge on any atom is -0.352 e. The van der Waals surface area contributed by atoms with Gasteiger partial charge in [-0.25, -0.2) is 14.2 Å². The molecule has 1 aromatic carbocycles. The SMILES string of the molecule is C[C@@H](CCCNC(N)=O)C(=O)Nc1ccc2c(-c3ccncc3)c(-c3ccc(F)cc3)[nH]c2n1. The van der Waals surface area contributed by atoms with E-state index in [-0.39, 0.29) is 17.6 Å². The largest absolute Gasteiger partial charge is 0.352 e. The maximum Gasteiger partial charge on any atom is 0.312 e. The lowest BCUT2D eigenvalue weighted by atomic mass is 10.00. The van der Waals surface area contributed by atoms with Crippen molar-refractivity contribution in [3.8, 4) is 22.4 Å². The fraction of sp³-hybridized carbons (Fsp3) is 0.200. The van der Waals surface area contributed by atoms with Gasteiger partial charge >= 0.3 is 6.03 Å². The summed E-state index contributed by atoms with van der Waals surface area (Å²) in [4.78, 5) is 35.4. The first-order valence-corrected chi connectivity index (χ1v) is 11.0. The average molecular weight is 461 g/mol. The highest BCUT2D eigenvalue weighted by molar-refractivity contribution is 6.03. The summed E-state index contributed by atoms with van der Waals surface area (Å²) < 4.78 is 13.5. The molecular formula is C25H25FN6O2. The van der Waals surface area contributed by atoms with Gasteiger partial charge < -0.3 is 21.4 Å². The summed E-state index contributed by atoms with van der Waals surface area (Å²) in [7, 11) is 0. The summed E-state index contributed by atoms with van der Waals surface area (Å²) in [6, 6.07) is 13.1. The van der Waals surface area contributed by atoms with E-state index in [1.807, 2.05) is 25.1 Å². The second-order valence-corrected chi connectivity index (χ2v) is 8.03. The Morgan fingerprint density at radius 1 is 1.06 bits per heavy atom. The number of H-pyrrole nitrogens is 1. The van der Waals surface area contributed by atoms with Crippen molar-refractivity contribution in [2.75, 3.05) is 11.9 Å². The van der Waals surface area contributed by atoms with Crippen LogP contribution in [0.1, 0.15) is 19.8 Å². The number of nitrogens with one attached hydrogen (secondary N) is 3. The lowest BCUT2D eigenvalue weighted by Crippen LogP contribution is -2.30. The topological polar surface area (TPSA) is 126 Å². The number of benzene rings is 1. The number of rotatable bonds is 8. The molecule has 8 nitrogen and oxygen atoms in total.